The summed E-state index contributed by atoms with van der Waals surface area (Å²) in [6.45, 7) is 5.34. The molecular weight excluding hydrogens is 404 g/mol. The number of benzene rings is 2. The van der Waals surface area contributed by atoms with Crippen molar-refractivity contribution in [2.45, 2.75) is 51.9 Å². The predicted molar refractivity (Wildman–Crippen MR) is 122 cm³/mol. The molecule has 2 aromatic rings. The minimum atomic E-state index is -2.18. The molecule has 2 N–H and O–H groups in total. The molecule has 5 heteroatoms. The molecule has 0 saturated heterocycles. The lowest BCUT2D eigenvalue weighted by Gasteiger charge is -2.28. The fourth-order valence-electron chi connectivity index (χ4n) is 5.06. The molecule has 2 aliphatic rings. The van der Waals surface area contributed by atoms with E-state index in [0.29, 0.717) is 34.3 Å². The molecule has 0 spiro atoms. The second-order valence-electron chi connectivity index (χ2n) is 8.65. The zero-order valence-corrected chi connectivity index (χ0v) is 18.5. The Morgan fingerprint density at radius 3 is 2.09 bits per heavy atom. The lowest BCUT2D eigenvalue weighted by atomic mass is 9.72. The van der Waals surface area contributed by atoms with E-state index in [9.17, 15) is 24.6 Å². The average molecular weight is 431 g/mol. The van der Waals surface area contributed by atoms with Gasteiger partial charge >= 0.3 is 11.9 Å². The van der Waals surface area contributed by atoms with Crippen LogP contribution < -0.4 is 0 Å². The molecule has 0 heterocycles. The van der Waals surface area contributed by atoms with Gasteiger partial charge in [0.25, 0.3) is 0 Å². The number of fused-ring (bicyclic) bond motifs is 1. The van der Waals surface area contributed by atoms with Gasteiger partial charge in [0, 0.05) is 5.56 Å². The normalized spacial score (nSPS) is 17.0. The third kappa shape index (κ3) is 3.03. The third-order valence-corrected chi connectivity index (χ3v) is 6.85. The molecule has 0 amide bonds. The van der Waals surface area contributed by atoms with E-state index in [-0.39, 0.29) is 5.78 Å². The molecule has 0 fully saturated rings. The predicted octanol–water partition coefficient (Wildman–Crippen LogP) is 5.23. The summed E-state index contributed by atoms with van der Waals surface area (Å²) in [5.74, 6) is -2.83. The number of carbonyl (C=O) groups excluding carboxylic acids is 1. The lowest BCUT2D eigenvalue weighted by molar-refractivity contribution is -0.155. The Hall–Kier alpha value is -3.47. The molecule has 164 valence electrons. The van der Waals surface area contributed by atoms with Gasteiger partial charge in [-0.3, -0.25) is 14.4 Å². The van der Waals surface area contributed by atoms with Crippen molar-refractivity contribution < 1.29 is 24.6 Å². The molecule has 0 unspecified atom stereocenters. The fourth-order valence-corrected chi connectivity index (χ4v) is 5.06. The average Bonchev–Trinajstić information content (AvgIpc) is 3.09. The highest BCUT2D eigenvalue weighted by atomic mass is 16.4. The number of Topliss-reactive ketones (excluding diaryl/α,β-unsaturated/α-hetero) is 1. The molecule has 0 aliphatic heterocycles. The summed E-state index contributed by atoms with van der Waals surface area (Å²) < 4.78 is 0. The summed E-state index contributed by atoms with van der Waals surface area (Å²) in [6.07, 6.45) is 5.31. The summed E-state index contributed by atoms with van der Waals surface area (Å²) >= 11 is 0. The molecule has 32 heavy (non-hydrogen) atoms. The van der Waals surface area contributed by atoms with Gasteiger partial charge in [0.15, 0.2) is 5.78 Å². The number of ketones is 1. The van der Waals surface area contributed by atoms with Crippen LogP contribution >= 0.6 is 0 Å². The first-order valence-corrected chi connectivity index (χ1v) is 10.8. The third-order valence-electron chi connectivity index (χ3n) is 6.85. The number of rotatable bonds is 5. The van der Waals surface area contributed by atoms with Gasteiger partial charge in [0.2, 0.25) is 5.41 Å². The van der Waals surface area contributed by atoms with Gasteiger partial charge in [-0.05, 0) is 91.0 Å². The quantitative estimate of drug-likeness (QED) is 0.501. The summed E-state index contributed by atoms with van der Waals surface area (Å²) in [5.41, 5.74) is 3.69. The zero-order valence-electron chi connectivity index (χ0n) is 18.5. The minimum Gasteiger partial charge on any atom is -0.480 e. The highest BCUT2D eigenvalue weighted by Gasteiger charge is 2.58. The Bertz CT molecular complexity index is 1200. The van der Waals surface area contributed by atoms with Crippen LogP contribution in [0.15, 0.2) is 53.6 Å². The van der Waals surface area contributed by atoms with Crippen molar-refractivity contribution in [2.24, 2.45) is 0 Å². The van der Waals surface area contributed by atoms with Crippen molar-refractivity contribution in [1.29, 1.82) is 0 Å². The van der Waals surface area contributed by atoms with Gasteiger partial charge in [-0.1, -0.05) is 42.5 Å². The molecule has 5 nitrogen and oxygen atoms in total. The second kappa shape index (κ2) is 7.90. The van der Waals surface area contributed by atoms with E-state index in [1.165, 1.54) is 6.92 Å². The van der Waals surface area contributed by atoms with Crippen LogP contribution in [0.25, 0.3) is 5.57 Å². The van der Waals surface area contributed by atoms with Crippen LogP contribution in [0.3, 0.4) is 0 Å². The van der Waals surface area contributed by atoms with Gasteiger partial charge in [-0.2, -0.15) is 0 Å². The molecule has 2 aromatic carbocycles. The van der Waals surface area contributed by atoms with Crippen molar-refractivity contribution in [3.8, 4) is 0 Å². The van der Waals surface area contributed by atoms with Crippen LogP contribution in [0.2, 0.25) is 0 Å². The van der Waals surface area contributed by atoms with E-state index in [0.717, 1.165) is 41.5 Å². The first-order valence-electron chi connectivity index (χ1n) is 10.8. The number of carboxylic acids is 2. The van der Waals surface area contributed by atoms with E-state index in [4.69, 9.17) is 0 Å². The summed E-state index contributed by atoms with van der Waals surface area (Å²) in [5, 5.41) is 20.9. The lowest BCUT2D eigenvalue weighted by Crippen LogP contribution is -2.45. The van der Waals surface area contributed by atoms with Gasteiger partial charge in [-0.25, -0.2) is 0 Å². The van der Waals surface area contributed by atoms with Crippen LogP contribution in [-0.4, -0.2) is 27.9 Å². The minimum absolute atomic E-state index is 0.0648. The molecule has 2 aliphatic carbocycles. The van der Waals surface area contributed by atoms with E-state index >= 15 is 0 Å². The van der Waals surface area contributed by atoms with Crippen LogP contribution in [0.1, 0.15) is 70.8 Å². The van der Waals surface area contributed by atoms with Crippen molar-refractivity contribution in [2.75, 3.05) is 0 Å². The van der Waals surface area contributed by atoms with E-state index in [1.807, 2.05) is 19.9 Å². The van der Waals surface area contributed by atoms with Gasteiger partial charge in [-0.15, -0.1) is 0 Å². The van der Waals surface area contributed by atoms with Gasteiger partial charge in [0.1, 0.15) is 0 Å². The second-order valence-corrected chi connectivity index (χ2v) is 8.65. The maximum Gasteiger partial charge on any atom is 0.330 e. The van der Waals surface area contributed by atoms with E-state index in [1.54, 1.807) is 36.4 Å². The molecular formula is C27H26O5. The highest BCUT2D eigenvalue weighted by molar-refractivity contribution is 6.17. The number of hydrogen-bond acceptors (Lipinski definition) is 3. The Labute approximate surface area is 187 Å². The maximum absolute atomic E-state index is 12.8. The van der Waals surface area contributed by atoms with Crippen LogP contribution in [0.5, 0.6) is 0 Å². The Kier molecular flexibility index (Phi) is 5.37. The number of hydrogen-bond donors (Lipinski definition) is 2. The number of carboxylic acid groups (broad SMARTS) is 2. The Balaban J connectivity index is 2.17. The van der Waals surface area contributed by atoms with E-state index in [2.05, 4.69) is 0 Å². The Morgan fingerprint density at radius 2 is 1.56 bits per heavy atom. The summed E-state index contributed by atoms with van der Waals surface area (Å²) in [6, 6.07) is 10.5. The molecule has 0 bridgehead atoms. The van der Waals surface area contributed by atoms with Crippen LogP contribution in [0, 0.1) is 13.8 Å². The van der Waals surface area contributed by atoms with Crippen LogP contribution in [0.4, 0.5) is 0 Å². The smallest absolute Gasteiger partial charge is 0.330 e. The van der Waals surface area contributed by atoms with Crippen LogP contribution in [-0.2, 0) is 15.0 Å². The number of carbonyl (C=O) groups is 3. The monoisotopic (exact) mass is 430 g/mol. The van der Waals surface area contributed by atoms with Crippen molar-refractivity contribution >= 4 is 23.3 Å². The molecule has 0 radical (unpaired) electrons. The van der Waals surface area contributed by atoms with Gasteiger partial charge < -0.3 is 10.2 Å². The number of aliphatic carboxylic acids is 2. The summed E-state index contributed by atoms with van der Waals surface area (Å²) in [4.78, 5) is 37.4. The van der Waals surface area contributed by atoms with E-state index < -0.39 is 17.4 Å². The molecule has 0 saturated carbocycles. The zero-order chi connectivity index (χ0) is 23.2. The van der Waals surface area contributed by atoms with Crippen molar-refractivity contribution in [3.63, 3.8) is 0 Å². The number of aryl methyl sites for hydroxylation is 1. The first-order chi connectivity index (χ1) is 15.2. The van der Waals surface area contributed by atoms with Crippen molar-refractivity contribution in [1.82, 2.24) is 0 Å². The first kappa shape index (κ1) is 21.8. The SMILES string of the molecule is CC(=O)c1ccc(C2=C(C3=CCCCC3)C(C(=O)O)(C(=O)O)c3ccc(C)c(C)c32)cc1. The fraction of sp³-hybridized carbons (Fsp3) is 0.296. The molecule has 4 rings (SSSR count). The maximum atomic E-state index is 12.8. The van der Waals surface area contributed by atoms with Crippen molar-refractivity contribution in [3.05, 3.63) is 87.0 Å². The topological polar surface area (TPSA) is 91.7 Å². The largest absolute Gasteiger partial charge is 0.480 e. The standard InChI is InChI=1S/C27H26O5/c1-15-9-14-21-22(16(15)2)23(19-12-10-18(11-13-19)17(3)28)24(20-7-5-4-6-8-20)27(21,25(29)30)26(31)32/h7,9-14H,4-6,8H2,1-3H3,(H,29,30)(H,31,32). The summed E-state index contributed by atoms with van der Waals surface area (Å²) in [7, 11) is 0. The highest BCUT2D eigenvalue weighted by Crippen LogP contribution is 2.54. The Morgan fingerprint density at radius 1 is 0.906 bits per heavy atom. The molecule has 0 atom stereocenters. The number of allylic oxidation sites excluding steroid dienone is 2. The van der Waals surface area contributed by atoms with Gasteiger partial charge in [0.05, 0.1) is 0 Å². The molecule has 0 aromatic heterocycles.